The zero-order valence-corrected chi connectivity index (χ0v) is 15.0. The molecule has 0 aliphatic carbocycles. The normalized spacial score (nSPS) is 20.3. The van der Waals surface area contributed by atoms with Crippen LogP contribution >= 0.6 is 0 Å². The Morgan fingerprint density at radius 1 is 1.08 bits per heavy atom. The molecule has 26 heavy (non-hydrogen) atoms. The average molecular weight is 351 g/mol. The standard InChI is InChI=1S/C20H22FN5/c1-13-9-14(2)12-26(11-13)20-24-10-17(19-22-7-8-23-19)18(25-20)15-3-5-16(21)6-4-15/h3-8,10,13-14H,9,11-12H2,1-2H3,(H,22,23). The summed E-state index contributed by atoms with van der Waals surface area (Å²) >= 11 is 0. The van der Waals surface area contributed by atoms with Crippen molar-refractivity contribution < 1.29 is 4.39 Å². The Labute approximate surface area is 152 Å². The summed E-state index contributed by atoms with van der Waals surface area (Å²) in [6, 6.07) is 6.40. The number of imidazole rings is 1. The molecule has 6 heteroatoms. The highest BCUT2D eigenvalue weighted by atomic mass is 19.1. The van der Waals surface area contributed by atoms with Gasteiger partial charge in [0.1, 0.15) is 11.6 Å². The second-order valence-electron chi connectivity index (χ2n) is 7.23. The molecule has 2 aromatic heterocycles. The number of rotatable bonds is 3. The monoisotopic (exact) mass is 351 g/mol. The first kappa shape index (κ1) is 16.7. The minimum atomic E-state index is -0.263. The third-order valence-electron chi connectivity index (χ3n) is 4.80. The van der Waals surface area contributed by atoms with Crippen molar-refractivity contribution >= 4 is 5.95 Å². The second-order valence-corrected chi connectivity index (χ2v) is 7.23. The maximum absolute atomic E-state index is 13.4. The van der Waals surface area contributed by atoms with E-state index in [-0.39, 0.29) is 5.82 Å². The van der Waals surface area contributed by atoms with E-state index in [1.54, 1.807) is 24.5 Å². The highest BCUT2D eigenvalue weighted by Gasteiger charge is 2.25. The van der Waals surface area contributed by atoms with Crippen LogP contribution in [0.3, 0.4) is 0 Å². The van der Waals surface area contributed by atoms with Gasteiger partial charge < -0.3 is 9.88 Å². The van der Waals surface area contributed by atoms with Crippen LogP contribution in [0.1, 0.15) is 20.3 Å². The van der Waals surface area contributed by atoms with Gasteiger partial charge in [-0.3, -0.25) is 0 Å². The van der Waals surface area contributed by atoms with Gasteiger partial charge in [0.25, 0.3) is 0 Å². The summed E-state index contributed by atoms with van der Waals surface area (Å²) < 4.78 is 13.4. The number of halogens is 1. The minimum Gasteiger partial charge on any atom is -0.345 e. The molecule has 2 atom stereocenters. The van der Waals surface area contributed by atoms with Crippen molar-refractivity contribution in [2.24, 2.45) is 11.8 Å². The number of piperidine rings is 1. The fourth-order valence-electron chi connectivity index (χ4n) is 3.76. The van der Waals surface area contributed by atoms with Crippen LogP contribution in [-0.4, -0.2) is 33.0 Å². The third-order valence-corrected chi connectivity index (χ3v) is 4.80. The number of aromatic amines is 1. The fourth-order valence-corrected chi connectivity index (χ4v) is 3.76. The summed E-state index contributed by atoms with van der Waals surface area (Å²) in [7, 11) is 0. The number of benzene rings is 1. The van der Waals surface area contributed by atoms with E-state index in [2.05, 4.69) is 33.7 Å². The third kappa shape index (κ3) is 3.31. The lowest BCUT2D eigenvalue weighted by atomic mass is 9.92. The minimum absolute atomic E-state index is 0.263. The lowest BCUT2D eigenvalue weighted by Crippen LogP contribution is -2.39. The van der Waals surface area contributed by atoms with E-state index in [1.807, 2.05) is 6.20 Å². The van der Waals surface area contributed by atoms with E-state index < -0.39 is 0 Å². The average Bonchev–Trinajstić information content (AvgIpc) is 3.15. The fraction of sp³-hybridized carbons (Fsp3) is 0.350. The number of nitrogens with one attached hydrogen (secondary N) is 1. The highest BCUT2D eigenvalue weighted by molar-refractivity contribution is 5.77. The number of nitrogens with zero attached hydrogens (tertiary/aromatic N) is 4. The molecule has 3 heterocycles. The van der Waals surface area contributed by atoms with Crippen LogP contribution < -0.4 is 4.90 Å². The van der Waals surface area contributed by atoms with Crippen LogP contribution in [0.2, 0.25) is 0 Å². The maximum Gasteiger partial charge on any atom is 0.225 e. The van der Waals surface area contributed by atoms with E-state index >= 15 is 0 Å². The van der Waals surface area contributed by atoms with Crippen LogP contribution in [-0.2, 0) is 0 Å². The number of anilines is 1. The summed E-state index contributed by atoms with van der Waals surface area (Å²) in [6.07, 6.45) is 6.51. The van der Waals surface area contributed by atoms with Crippen molar-refractivity contribution in [1.29, 1.82) is 0 Å². The molecular formula is C20H22FN5. The Hall–Kier alpha value is -2.76. The molecule has 1 saturated heterocycles. The summed E-state index contributed by atoms with van der Waals surface area (Å²) in [5.41, 5.74) is 2.42. The maximum atomic E-state index is 13.4. The van der Waals surface area contributed by atoms with Gasteiger partial charge in [0, 0.05) is 37.2 Å². The molecule has 0 amide bonds. The van der Waals surface area contributed by atoms with Crippen LogP contribution in [0.25, 0.3) is 22.6 Å². The first-order valence-electron chi connectivity index (χ1n) is 8.98. The van der Waals surface area contributed by atoms with E-state index in [1.165, 1.54) is 18.6 Å². The van der Waals surface area contributed by atoms with Gasteiger partial charge in [0.15, 0.2) is 0 Å². The molecule has 1 N–H and O–H groups in total. The molecule has 3 aromatic rings. The van der Waals surface area contributed by atoms with Crippen LogP contribution in [0.15, 0.2) is 42.9 Å². The van der Waals surface area contributed by atoms with Crippen molar-refractivity contribution in [3.05, 3.63) is 48.7 Å². The molecule has 134 valence electrons. The van der Waals surface area contributed by atoms with Crippen LogP contribution in [0.4, 0.5) is 10.3 Å². The van der Waals surface area contributed by atoms with E-state index in [0.29, 0.717) is 17.7 Å². The first-order valence-corrected chi connectivity index (χ1v) is 8.98. The summed E-state index contributed by atoms with van der Waals surface area (Å²) in [5.74, 6) is 2.39. The van der Waals surface area contributed by atoms with Gasteiger partial charge in [-0.05, 0) is 42.5 Å². The van der Waals surface area contributed by atoms with E-state index in [4.69, 9.17) is 4.98 Å². The van der Waals surface area contributed by atoms with Crippen molar-refractivity contribution in [2.45, 2.75) is 20.3 Å². The lowest BCUT2D eigenvalue weighted by Gasteiger charge is -2.35. The van der Waals surface area contributed by atoms with Crippen LogP contribution in [0.5, 0.6) is 0 Å². The van der Waals surface area contributed by atoms with E-state index in [9.17, 15) is 4.39 Å². The van der Waals surface area contributed by atoms with Gasteiger partial charge in [0.05, 0.1) is 11.3 Å². The van der Waals surface area contributed by atoms with Gasteiger partial charge in [0.2, 0.25) is 5.95 Å². The lowest BCUT2D eigenvalue weighted by molar-refractivity contribution is 0.353. The molecule has 0 radical (unpaired) electrons. The largest absolute Gasteiger partial charge is 0.345 e. The second kappa shape index (κ2) is 6.86. The Kier molecular flexibility index (Phi) is 4.41. The number of aromatic nitrogens is 4. The van der Waals surface area contributed by atoms with Gasteiger partial charge >= 0.3 is 0 Å². The Balaban J connectivity index is 1.79. The highest BCUT2D eigenvalue weighted by Crippen LogP contribution is 2.31. The van der Waals surface area contributed by atoms with Crippen molar-refractivity contribution in [3.63, 3.8) is 0 Å². The summed E-state index contributed by atoms with van der Waals surface area (Å²) in [4.78, 5) is 19.2. The van der Waals surface area contributed by atoms with Gasteiger partial charge in [-0.1, -0.05) is 13.8 Å². The molecule has 0 spiro atoms. The zero-order valence-electron chi connectivity index (χ0n) is 15.0. The summed E-state index contributed by atoms with van der Waals surface area (Å²) in [5, 5.41) is 0. The van der Waals surface area contributed by atoms with Gasteiger partial charge in [-0.2, -0.15) is 0 Å². The molecule has 1 aliphatic rings. The molecule has 0 bridgehead atoms. The molecule has 2 unspecified atom stereocenters. The van der Waals surface area contributed by atoms with Gasteiger partial charge in [-0.15, -0.1) is 0 Å². The smallest absolute Gasteiger partial charge is 0.225 e. The molecular weight excluding hydrogens is 329 g/mol. The SMILES string of the molecule is CC1CC(C)CN(c2ncc(-c3ncc[nH]3)c(-c3ccc(F)cc3)n2)C1. The molecule has 4 rings (SSSR count). The number of hydrogen-bond acceptors (Lipinski definition) is 4. The molecule has 0 saturated carbocycles. The topological polar surface area (TPSA) is 57.7 Å². The zero-order chi connectivity index (χ0) is 18.1. The summed E-state index contributed by atoms with van der Waals surface area (Å²) in [6.45, 7) is 6.43. The molecule has 5 nitrogen and oxygen atoms in total. The Morgan fingerprint density at radius 3 is 2.46 bits per heavy atom. The van der Waals surface area contributed by atoms with Crippen molar-refractivity contribution in [3.8, 4) is 22.6 Å². The predicted molar refractivity (Wildman–Crippen MR) is 100 cm³/mol. The molecule has 1 fully saturated rings. The van der Waals surface area contributed by atoms with Gasteiger partial charge in [-0.25, -0.2) is 19.3 Å². The number of H-pyrrole nitrogens is 1. The Morgan fingerprint density at radius 2 is 1.81 bits per heavy atom. The Bertz CT molecular complexity index is 866. The number of hydrogen-bond donors (Lipinski definition) is 1. The van der Waals surface area contributed by atoms with E-state index in [0.717, 1.165) is 35.9 Å². The van der Waals surface area contributed by atoms with Crippen LogP contribution in [0, 0.1) is 17.7 Å². The quantitative estimate of drug-likeness (QED) is 0.770. The predicted octanol–water partition coefficient (Wildman–Crippen LogP) is 4.16. The van der Waals surface area contributed by atoms with Crippen molar-refractivity contribution in [2.75, 3.05) is 18.0 Å². The van der Waals surface area contributed by atoms with Crippen molar-refractivity contribution in [1.82, 2.24) is 19.9 Å². The molecule has 1 aromatic carbocycles. The molecule has 1 aliphatic heterocycles. The first-order chi connectivity index (χ1) is 12.6.